The van der Waals surface area contributed by atoms with E-state index >= 15 is 0 Å². The molecule has 0 radical (unpaired) electrons. The van der Waals surface area contributed by atoms with E-state index in [1.165, 1.54) is 12.7 Å². The molecule has 0 N–H and O–H groups in total. The van der Waals surface area contributed by atoms with Crippen LogP contribution in [0.2, 0.25) is 5.02 Å². The summed E-state index contributed by atoms with van der Waals surface area (Å²) in [7, 11) is 0. The van der Waals surface area contributed by atoms with Crippen molar-refractivity contribution in [3.05, 3.63) is 32.8 Å². The summed E-state index contributed by atoms with van der Waals surface area (Å²) in [6.07, 6.45) is 6.92. The van der Waals surface area contributed by atoms with Gasteiger partial charge in [0.15, 0.2) is 0 Å². The average Bonchev–Trinajstić information content (AvgIpc) is 2.46. The van der Waals surface area contributed by atoms with Gasteiger partial charge in [-0.25, -0.2) is 0 Å². The van der Waals surface area contributed by atoms with Crippen molar-refractivity contribution in [2.75, 3.05) is 0 Å². The molecule has 5 heteroatoms. The van der Waals surface area contributed by atoms with Crippen LogP contribution in [0, 0.1) is 24.4 Å². The summed E-state index contributed by atoms with van der Waals surface area (Å²) in [5.41, 5.74) is 1.85. The van der Waals surface area contributed by atoms with E-state index in [0.717, 1.165) is 41.3 Å². The van der Waals surface area contributed by atoms with Gasteiger partial charge in [-0.15, -0.1) is 5.26 Å². The molecule has 0 saturated heterocycles. The lowest BCUT2D eigenvalue weighted by Crippen LogP contribution is -2.25. The summed E-state index contributed by atoms with van der Waals surface area (Å²) in [6.45, 7) is 1.95. The molecule has 1 aliphatic rings. The molecular weight excluding hydrogens is 354 g/mol. The van der Waals surface area contributed by atoms with Crippen molar-refractivity contribution in [3.8, 4) is 6.26 Å². The molecule has 0 amide bonds. The summed E-state index contributed by atoms with van der Waals surface area (Å²) in [5.74, 6) is -0.656. The number of carbonyl (C=O) groups is 1. The van der Waals surface area contributed by atoms with E-state index in [-0.39, 0.29) is 5.92 Å². The van der Waals surface area contributed by atoms with E-state index in [9.17, 15) is 4.79 Å². The molecule has 21 heavy (non-hydrogen) atoms. The molecule has 3 nitrogen and oxygen atoms in total. The van der Waals surface area contributed by atoms with Crippen molar-refractivity contribution in [1.29, 1.82) is 5.26 Å². The number of hydrogen-bond donors (Lipinski definition) is 0. The lowest BCUT2D eigenvalue weighted by molar-refractivity contribution is -0.140. The van der Waals surface area contributed by atoms with Crippen LogP contribution in [-0.4, -0.2) is 5.97 Å². The van der Waals surface area contributed by atoms with E-state index in [2.05, 4.69) is 20.7 Å². The quantitative estimate of drug-likeness (QED) is 0.549. The molecule has 0 bridgehead atoms. The molecule has 0 spiro atoms. The summed E-state index contributed by atoms with van der Waals surface area (Å²) >= 11 is 9.58. The van der Waals surface area contributed by atoms with Gasteiger partial charge in [0.25, 0.3) is 6.26 Å². The van der Waals surface area contributed by atoms with Crippen molar-refractivity contribution >= 4 is 33.5 Å². The number of esters is 1. The van der Waals surface area contributed by atoms with Crippen LogP contribution < -0.4 is 0 Å². The molecule has 2 rings (SSSR count). The molecule has 1 unspecified atom stereocenters. The summed E-state index contributed by atoms with van der Waals surface area (Å²) in [6, 6.07) is 3.73. The molecular formula is C16H17BrClNO2. The zero-order valence-corrected chi connectivity index (χ0v) is 14.2. The Hall–Kier alpha value is -1.05. The first kappa shape index (κ1) is 16.3. The van der Waals surface area contributed by atoms with Gasteiger partial charge in [0, 0.05) is 4.47 Å². The fraction of sp³-hybridized carbons (Fsp3) is 0.500. The Labute approximate surface area is 138 Å². The monoisotopic (exact) mass is 369 g/mol. The van der Waals surface area contributed by atoms with E-state index in [1.807, 2.05) is 19.1 Å². The number of nitrogens with zero attached hydrogens (tertiary/aromatic N) is 1. The third-order valence-electron chi connectivity index (χ3n) is 4.17. The first-order chi connectivity index (χ1) is 10.0. The Bertz CT molecular complexity index is 576. The maximum atomic E-state index is 12.3. The maximum absolute atomic E-state index is 12.3. The Morgan fingerprint density at radius 3 is 2.71 bits per heavy atom. The topological polar surface area (TPSA) is 50.1 Å². The van der Waals surface area contributed by atoms with Crippen LogP contribution in [0.15, 0.2) is 16.6 Å². The van der Waals surface area contributed by atoms with Crippen molar-refractivity contribution in [2.24, 2.45) is 5.92 Å². The Morgan fingerprint density at radius 1 is 1.43 bits per heavy atom. The highest BCUT2D eigenvalue weighted by molar-refractivity contribution is 9.10. The molecule has 0 heterocycles. The van der Waals surface area contributed by atoms with Crippen LogP contribution in [0.1, 0.15) is 49.1 Å². The van der Waals surface area contributed by atoms with E-state index in [1.54, 1.807) is 0 Å². The molecule has 1 fully saturated rings. The van der Waals surface area contributed by atoms with Crippen molar-refractivity contribution in [3.63, 3.8) is 0 Å². The predicted molar refractivity (Wildman–Crippen MR) is 84.9 cm³/mol. The zero-order chi connectivity index (χ0) is 15.4. The van der Waals surface area contributed by atoms with Gasteiger partial charge >= 0.3 is 5.97 Å². The highest BCUT2D eigenvalue weighted by Crippen LogP contribution is 2.40. The number of ether oxygens (including phenoxy) is 1. The van der Waals surface area contributed by atoms with Crippen LogP contribution >= 0.6 is 27.5 Å². The number of aryl methyl sites for hydroxylation is 1. The SMILES string of the molecule is Cc1cc(Br)c(Cl)cc1C(C(=O)OC#N)C1CCCCC1. The van der Waals surface area contributed by atoms with E-state index in [0.29, 0.717) is 5.02 Å². The van der Waals surface area contributed by atoms with E-state index in [4.69, 9.17) is 16.9 Å². The number of nitriles is 1. The second-order valence-electron chi connectivity index (χ2n) is 5.51. The summed E-state index contributed by atoms with van der Waals surface area (Å²) in [4.78, 5) is 12.3. The highest BCUT2D eigenvalue weighted by atomic mass is 79.9. The lowest BCUT2D eigenvalue weighted by atomic mass is 9.76. The fourth-order valence-corrected chi connectivity index (χ4v) is 3.78. The predicted octanol–water partition coefficient (Wildman–Crippen LogP) is 5.10. The minimum Gasteiger partial charge on any atom is -0.350 e. The Balaban J connectivity index is 2.41. The minimum absolute atomic E-state index is 0.218. The van der Waals surface area contributed by atoms with Gasteiger partial charge in [0.05, 0.1) is 10.9 Å². The second-order valence-corrected chi connectivity index (χ2v) is 6.77. The highest BCUT2D eigenvalue weighted by Gasteiger charge is 2.33. The van der Waals surface area contributed by atoms with Gasteiger partial charge in [-0.3, -0.25) is 4.79 Å². The second kappa shape index (κ2) is 7.29. The van der Waals surface area contributed by atoms with Gasteiger partial charge < -0.3 is 4.74 Å². The Kier molecular flexibility index (Phi) is 5.66. The first-order valence-electron chi connectivity index (χ1n) is 7.10. The molecule has 0 aromatic heterocycles. The van der Waals surface area contributed by atoms with Gasteiger partial charge in [-0.1, -0.05) is 30.9 Å². The van der Waals surface area contributed by atoms with Gasteiger partial charge in [0.1, 0.15) is 0 Å². The minimum atomic E-state index is -0.467. The third kappa shape index (κ3) is 3.78. The lowest BCUT2D eigenvalue weighted by Gasteiger charge is -2.29. The smallest absolute Gasteiger partial charge is 0.329 e. The molecule has 1 aromatic carbocycles. The average molecular weight is 371 g/mol. The van der Waals surface area contributed by atoms with Crippen LogP contribution in [0.4, 0.5) is 0 Å². The molecule has 1 atom stereocenters. The van der Waals surface area contributed by atoms with Crippen molar-refractivity contribution in [1.82, 2.24) is 0 Å². The standard InChI is InChI=1S/C16H17BrClNO2/c1-10-7-13(17)14(18)8-12(10)15(16(20)21-9-19)11-5-3-2-4-6-11/h7-8,11,15H,2-6H2,1H3. The van der Waals surface area contributed by atoms with E-state index < -0.39 is 11.9 Å². The van der Waals surface area contributed by atoms with Gasteiger partial charge in [0.2, 0.25) is 0 Å². The van der Waals surface area contributed by atoms with Crippen LogP contribution in [0.25, 0.3) is 0 Å². The molecule has 1 aromatic rings. The number of halogens is 2. The normalized spacial score (nSPS) is 17.0. The molecule has 112 valence electrons. The Morgan fingerprint density at radius 2 is 2.10 bits per heavy atom. The van der Waals surface area contributed by atoms with Crippen molar-refractivity contribution in [2.45, 2.75) is 44.9 Å². The number of rotatable bonds is 3. The molecule has 0 aliphatic heterocycles. The summed E-state index contributed by atoms with van der Waals surface area (Å²) < 4.78 is 5.46. The number of hydrogen-bond acceptors (Lipinski definition) is 3. The molecule has 1 aliphatic carbocycles. The first-order valence-corrected chi connectivity index (χ1v) is 8.27. The number of benzene rings is 1. The summed E-state index contributed by atoms with van der Waals surface area (Å²) in [5, 5.41) is 9.24. The maximum Gasteiger partial charge on any atom is 0.329 e. The number of carbonyl (C=O) groups excluding carboxylic acids is 1. The fourth-order valence-electron chi connectivity index (χ4n) is 3.15. The largest absolute Gasteiger partial charge is 0.350 e. The van der Waals surface area contributed by atoms with Gasteiger partial charge in [-0.2, -0.15) is 0 Å². The van der Waals surface area contributed by atoms with Crippen LogP contribution in [0.5, 0.6) is 0 Å². The third-order valence-corrected chi connectivity index (χ3v) is 5.36. The van der Waals surface area contributed by atoms with Crippen molar-refractivity contribution < 1.29 is 9.53 Å². The van der Waals surface area contributed by atoms with Gasteiger partial charge in [-0.05, 0) is 64.9 Å². The van der Waals surface area contributed by atoms with Crippen LogP contribution in [-0.2, 0) is 9.53 Å². The zero-order valence-electron chi connectivity index (χ0n) is 11.9. The van der Waals surface area contributed by atoms with Crippen LogP contribution in [0.3, 0.4) is 0 Å². The molecule has 1 saturated carbocycles.